The van der Waals surface area contributed by atoms with E-state index in [0.717, 1.165) is 10.9 Å². The zero-order valence-corrected chi connectivity index (χ0v) is 11.9. The minimum absolute atomic E-state index is 0.0486. The van der Waals surface area contributed by atoms with Crippen LogP contribution in [0, 0.1) is 18.8 Å². The molecule has 1 atom stereocenters. The van der Waals surface area contributed by atoms with Crippen molar-refractivity contribution in [3.05, 3.63) is 16.0 Å². The van der Waals surface area contributed by atoms with E-state index in [1.54, 1.807) is 11.3 Å². The Morgan fingerprint density at radius 2 is 2.18 bits per heavy atom. The number of carbonyl (C=O) groups is 1. The Morgan fingerprint density at radius 3 is 2.82 bits per heavy atom. The van der Waals surface area contributed by atoms with Crippen LogP contribution in [-0.2, 0) is 17.6 Å². The maximum atomic E-state index is 11.7. The summed E-state index contributed by atoms with van der Waals surface area (Å²) in [5.74, 6) is 0.960. The first kappa shape index (κ1) is 12.6. The average Bonchev–Trinajstić information content (AvgIpc) is 2.55. The van der Waals surface area contributed by atoms with Gasteiger partial charge >= 0.3 is 0 Å². The third kappa shape index (κ3) is 2.54. The third-order valence-electron chi connectivity index (χ3n) is 3.54. The van der Waals surface area contributed by atoms with E-state index in [2.05, 4.69) is 19.2 Å². The zero-order chi connectivity index (χ0) is 12.6. The second-order valence-corrected chi connectivity index (χ2v) is 6.56. The van der Waals surface area contributed by atoms with Crippen molar-refractivity contribution in [1.29, 1.82) is 0 Å². The van der Waals surface area contributed by atoms with E-state index in [1.807, 2.05) is 13.8 Å². The Hall–Kier alpha value is -0.830. The van der Waals surface area contributed by atoms with E-state index in [9.17, 15) is 4.79 Å². The van der Waals surface area contributed by atoms with Crippen molar-refractivity contribution in [3.63, 3.8) is 0 Å². The molecule has 3 heteroatoms. The van der Waals surface area contributed by atoms with Crippen LogP contribution < -0.4 is 5.32 Å². The van der Waals surface area contributed by atoms with Crippen molar-refractivity contribution in [1.82, 2.24) is 0 Å². The molecule has 1 unspecified atom stereocenters. The molecule has 0 spiro atoms. The van der Waals surface area contributed by atoms with Crippen molar-refractivity contribution in [2.24, 2.45) is 11.8 Å². The molecule has 2 nitrogen and oxygen atoms in total. The number of thiophene rings is 1. The van der Waals surface area contributed by atoms with Crippen molar-refractivity contribution in [2.45, 2.75) is 47.0 Å². The molecular weight excluding hydrogens is 230 g/mol. The summed E-state index contributed by atoms with van der Waals surface area (Å²) < 4.78 is 0. The van der Waals surface area contributed by atoms with Gasteiger partial charge in [-0.1, -0.05) is 20.8 Å². The van der Waals surface area contributed by atoms with Gasteiger partial charge in [-0.2, -0.15) is 0 Å². The first-order valence-corrected chi connectivity index (χ1v) is 7.22. The van der Waals surface area contributed by atoms with Crippen LogP contribution in [-0.4, -0.2) is 5.91 Å². The third-order valence-corrected chi connectivity index (χ3v) is 4.81. The summed E-state index contributed by atoms with van der Waals surface area (Å²) in [7, 11) is 0. The number of anilines is 1. The number of carbonyl (C=O) groups excluding carboxylic acids is 1. The molecule has 1 aromatic heterocycles. The first-order chi connectivity index (χ1) is 7.99. The molecule has 0 bridgehead atoms. The van der Waals surface area contributed by atoms with Crippen LogP contribution in [0.4, 0.5) is 5.00 Å². The van der Waals surface area contributed by atoms with Crippen LogP contribution in [0.15, 0.2) is 0 Å². The van der Waals surface area contributed by atoms with Gasteiger partial charge in [0.25, 0.3) is 0 Å². The average molecular weight is 251 g/mol. The molecule has 0 aromatic carbocycles. The summed E-state index contributed by atoms with van der Waals surface area (Å²) in [4.78, 5) is 13.2. The highest BCUT2D eigenvalue weighted by Gasteiger charge is 2.22. The Bertz CT molecular complexity index is 434. The van der Waals surface area contributed by atoms with Crippen molar-refractivity contribution in [2.75, 3.05) is 5.32 Å². The number of hydrogen-bond donors (Lipinski definition) is 1. The van der Waals surface area contributed by atoms with Crippen molar-refractivity contribution >= 4 is 22.2 Å². The molecule has 17 heavy (non-hydrogen) atoms. The normalized spacial score (nSPS) is 19.2. The largest absolute Gasteiger partial charge is 0.317 e. The molecule has 0 aliphatic heterocycles. The van der Waals surface area contributed by atoms with Gasteiger partial charge in [0.15, 0.2) is 0 Å². The smallest absolute Gasteiger partial charge is 0.227 e. The summed E-state index contributed by atoms with van der Waals surface area (Å²) in [6.45, 7) is 8.31. The quantitative estimate of drug-likeness (QED) is 0.851. The standard InChI is InChI=1S/C14H21NOS/c1-8(2)13(16)15-14-10(4)11-6-5-9(3)7-12(11)17-14/h8-9H,5-7H2,1-4H3,(H,15,16). The lowest BCUT2D eigenvalue weighted by Crippen LogP contribution is -2.17. The number of hydrogen-bond acceptors (Lipinski definition) is 2. The zero-order valence-electron chi connectivity index (χ0n) is 11.1. The number of nitrogens with one attached hydrogen (secondary N) is 1. The Kier molecular flexibility index (Phi) is 3.57. The molecule has 1 amide bonds. The molecule has 1 aliphatic rings. The van der Waals surface area contributed by atoms with E-state index in [1.165, 1.54) is 35.3 Å². The lowest BCUT2D eigenvalue weighted by atomic mass is 9.89. The van der Waals surface area contributed by atoms with Crippen molar-refractivity contribution in [3.8, 4) is 0 Å². The van der Waals surface area contributed by atoms with Gasteiger partial charge in [0.1, 0.15) is 0 Å². The van der Waals surface area contributed by atoms with Gasteiger partial charge in [-0.05, 0) is 43.2 Å². The number of rotatable bonds is 2. The van der Waals surface area contributed by atoms with Gasteiger partial charge in [-0.25, -0.2) is 0 Å². The highest BCUT2D eigenvalue weighted by atomic mass is 32.1. The minimum Gasteiger partial charge on any atom is -0.317 e. The summed E-state index contributed by atoms with van der Waals surface area (Å²) in [6.07, 6.45) is 3.64. The lowest BCUT2D eigenvalue weighted by Gasteiger charge is -2.18. The monoisotopic (exact) mass is 251 g/mol. The molecule has 1 aliphatic carbocycles. The molecule has 1 N–H and O–H groups in total. The van der Waals surface area contributed by atoms with E-state index in [-0.39, 0.29) is 11.8 Å². The van der Waals surface area contributed by atoms with Gasteiger partial charge in [-0.15, -0.1) is 11.3 Å². The molecular formula is C14H21NOS. The molecule has 0 saturated carbocycles. The second-order valence-electron chi connectivity index (χ2n) is 5.45. The van der Waals surface area contributed by atoms with Gasteiger partial charge in [0.2, 0.25) is 5.91 Å². The number of fused-ring (bicyclic) bond motifs is 1. The molecule has 1 aromatic rings. The van der Waals surface area contributed by atoms with E-state index in [0.29, 0.717) is 0 Å². The minimum atomic E-state index is 0.0486. The predicted octanol–water partition coefficient (Wildman–Crippen LogP) is 3.78. The first-order valence-electron chi connectivity index (χ1n) is 6.41. The summed E-state index contributed by atoms with van der Waals surface area (Å²) in [5.41, 5.74) is 2.79. The Balaban J connectivity index is 2.22. The maximum Gasteiger partial charge on any atom is 0.227 e. The Morgan fingerprint density at radius 1 is 1.47 bits per heavy atom. The fourth-order valence-corrected chi connectivity index (χ4v) is 3.70. The summed E-state index contributed by atoms with van der Waals surface area (Å²) >= 11 is 1.78. The maximum absolute atomic E-state index is 11.7. The van der Waals surface area contributed by atoms with Gasteiger partial charge in [0.05, 0.1) is 5.00 Å². The van der Waals surface area contributed by atoms with Gasteiger partial charge < -0.3 is 5.32 Å². The Labute approximate surface area is 107 Å². The van der Waals surface area contributed by atoms with E-state index in [4.69, 9.17) is 0 Å². The molecule has 0 radical (unpaired) electrons. The van der Waals surface area contributed by atoms with E-state index < -0.39 is 0 Å². The van der Waals surface area contributed by atoms with Crippen LogP contribution in [0.3, 0.4) is 0 Å². The fourth-order valence-electron chi connectivity index (χ4n) is 2.28. The van der Waals surface area contributed by atoms with Gasteiger partial charge in [0, 0.05) is 10.8 Å². The lowest BCUT2D eigenvalue weighted by molar-refractivity contribution is -0.118. The SMILES string of the molecule is Cc1c(NC(=O)C(C)C)sc2c1CCC(C)C2. The van der Waals surface area contributed by atoms with Crippen LogP contribution >= 0.6 is 11.3 Å². The van der Waals surface area contributed by atoms with E-state index >= 15 is 0 Å². The fraction of sp³-hybridized carbons (Fsp3) is 0.643. The molecule has 0 fully saturated rings. The topological polar surface area (TPSA) is 29.1 Å². The molecule has 94 valence electrons. The summed E-state index contributed by atoms with van der Waals surface area (Å²) in [5, 5.41) is 4.13. The van der Waals surface area contributed by atoms with Crippen molar-refractivity contribution < 1.29 is 4.79 Å². The molecule has 2 rings (SSSR count). The van der Waals surface area contributed by atoms with Crippen LogP contribution in [0.25, 0.3) is 0 Å². The highest BCUT2D eigenvalue weighted by molar-refractivity contribution is 7.16. The molecule has 0 saturated heterocycles. The van der Waals surface area contributed by atoms with Crippen LogP contribution in [0.5, 0.6) is 0 Å². The van der Waals surface area contributed by atoms with Gasteiger partial charge in [-0.3, -0.25) is 4.79 Å². The highest BCUT2D eigenvalue weighted by Crippen LogP contribution is 2.39. The second kappa shape index (κ2) is 4.81. The van der Waals surface area contributed by atoms with Crippen LogP contribution in [0.1, 0.15) is 43.2 Å². The summed E-state index contributed by atoms with van der Waals surface area (Å²) in [6, 6.07) is 0. The molecule has 1 heterocycles. The van der Waals surface area contributed by atoms with Crippen LogP contribution in [0.2, 0.25) is 0 Å². The predicted molar refractivity (Wildman–Crippen MR) is 73.7 cm³/mol. The number of amides is 1.